The van der Waals surface area contributed by atoms with Gasteiger partial charge in [-0.3, -0.25) is 24.0 Å². The minimum absolute atomic E-state index is 0.185. The molecule has 0 amide bonds. The molecule has 0 radical (unpaired) electrons. The number of hydrogen-bond acceptors (Lipinski definition) is 12. The van der Waals surface area contributed by atoms with Crippen LogP contribution in [0.15, 0.2) is 24.4 Å². The first kappa shape index (κ1) is 31.3. The maximum atomic E-state index is 12.9. The van der Waals surface area contributed by atoms with E-state index >= 15 is 0 Å². The van der Waals surface area contributed by atoms with Gasteiger partial charge in [0.15, 0.2) is 37.7 Å². The Hall–Kier alpha value is -1.74. The lowest BCUT2D eigenvalue weighted by molar-refractivity contribution is -0.551. The summed E-state index contributed by atoms with van der Waals surface area (Å²) in [4.78, 5) is 17.0. The molecule has 0 spiro atoms. The van der Waals surface area contributed by atoms with Crippen molar-refractivity contribution in [1.29, 1.82) is 0 Å². The first-order chi connectivity index (χ1) is 16.5. The van der Waals surface area contributed by atoms with Gasteiger partial charge in [-0.2, -0.15) is 0 Å². The number of carbonyl (C=O) groups excluding carboxylic acids is 1. The highest BCUT2D eigenvalue weighted by atomic mass is 17.1. The summed E-state index contributed by atoms with van der Waals surface area (Å²) in [6, 6.07) is 5.16. The minimum Gasteiger partial charge on any atom is -0.383 e. The van der Waals surface area contributed by atoms with Gasteiger partial charge in [0.25, 0.3) is 0 Å². The average Bonchev–Trinajstić information content (AvgIpc) is 2.78. The van der Waals surface area contributed by atoms with Gasteiger partial charge in [-0.05, 0) is 53.7 Å². The van der Waals surface area contributed by atoms with E-state index in [0.717, 1.165) is 0 Å². The molecule has 1 rings (SSSR count). The summed E-state index contributed by atoms with van der Waals surface area (Å²) in [6.07, 6.45) is -6.06. The largest absolute Gasteiger partial charge is 0.469 e. The van der Waals surface area contributed by atoms with Crippen LogP contribution < -0.4 is 0 Å². The van der Waals surface area contributed by atoms with Crippen LogP contribution in [-0.4, -0.2) is 76.2 Å². The molecule has 12 heteroatoms. The molecule has 0 aliphatic heterocycles. The fraction of sp³-hybridized carbons (Fsp3) is 0.739. The second kappa shape index (κ2) is 16.1. The van der Waals surface area contributed by atoms with Crippen LogP contribution in [0.5, 0.6) is 0 Å². The third kappa shape index (κ3) is 12.7. The lowest BCUT2D eigenvalue weighted by Gasteiger charge is -2.37. The van der Waals surface area contributed by atoms with Gasteiger partial charge in [0.1, 0.15) is 0 Å². The van der Waals surface area contributed by atoms with Crippen LogP contribution in [0.4, 0.5) is 0 Å². The van der Waals surface area contributed by atoms with E-state index < -0.39 is 49.9 Å². The molecule has 1 heterocycles. The predicted octanol–water partition coefficient (Wildman–Crippen LogP) is 2.89. The van der Waals surface area contributed by atoms with Crippen LogP contribution in [0, 0.1) is 0 Å². The van der Waals surface area contributed by atoms with Crippen molar-refractivity contribution in [1.82, 2.24) is 4.98 Å². The molecule has 12 nitrogen and oxygen atoms in total. The Bertz CT molecular complexity index is 658. The van der Waals surface area contributed by atoms with E-state index in [4.69, 9.17) is 47.4 Å². The van der Waals surface area contributed by atoms with Crippen molar-refractivity contribution < 1.29 is 52.2 Å². The summed E-state index contributed by atoms with van der Waals surface area (Å²) < 4.78 is 55.2. The maximum Gasteiger partial charge on any atom is 0.469 e. The smallest absolute Gasteiger partial charge is 0.383 e. The number of hydrogen-bond donors (Lipinski definition) is 0. The number of ether oxygens (including phenoxy) is 10. The zero-order chi connectivity index (χ0) is 26.4. The van der Waals surface area contributed by atoms with E-state index in [1.807, 2.05) is 0 Å². The fourth-order valence-electron chi connectivity index (χ4n) is 2.65. The van der Waals surface area contributed by atoms with Crippen molar-refractivity contribution in [2.75, 3.05) is 21.3 Å². The zero-order valence-corrected chi connectivity index (χ0v) is 21.9. The Balaban J connectivity index is 3.23. The standard InChI is InChI=1S/C23H39NO11/c1-15(26-7)29-18(4)32-23(33-19(5)30-16(2)27-8,34-20(6)31-17(3)28-9)35-22(25)14-21-12-10-11-13-24-21/h10-13,15-20H,14H2,1-9H3. The summed E-state index contributed by atoms with van der Waals surface area (Å²) in [5.74, 6) is -0.755. The van der Waals surface area contributed by atoms with Gasteiger partial charge in [0.05, 0.1) is 12.1 Å². The third-order valence-corrected chi connectivity index (χ3v) is 4.37. The lowest BCUT2D eigenvalue weighted by atomic mass is 10.3. The van der Waals surface area contributed by atoms with Crippen LogP contribution in [0.3, 0.4) is 0 Å². The number of rotatable bonds is 18. The maximum absolute atomic E-state index is 12.9. The average molecular weight is 506 g/mol. The molecule has 0 bridgehead atoms. The molecule has 0 saturated carbocycles. The molecule has 35 heavy (non-hydrogen) atoms. The Labute approximate surface area is 207 Å². The highest BCUT2D eigenvalue weighted by molar-refractivity contribution is 5.72. The molecular formula is C23H39NO11. The molecule has 1 aromatic rings. The van der Waals surface area contributed by atoms with Crippen molar-refractivity contribution in [2.24, 2.45) is 0 Å². The first-order valence-corrected chi connectivity index (χ1v) is 11.2. The molecule has 0 fully saturated rings. The Morgan fingerprint density at radius 1 is 0.743 bits per heavy atom. The van der Waals surface area contributed by atoms with E-state index in [1.165, 1.54) is 21.3 Å². The van der Waals surface area contributed by atoms with E-state index in [1.54, 1.807) is 65.9 Å². The van der Waals surface area contributed by atoms with Gasteiger partial charge >= 0.3 is 12.1 Å². The topological polar surface area (TPSA) is 122 Å². The molecule has 0 aliphatic rings. The fourth-order valence-corrected chi connectivity index (χ4v) is 2.65. The van der Waals surface area contributed by atoms with Crippen LogP contribution >= 0.6 is 0 Å². The Morgan fingerprint density at radius 3 is 1.51 bits per heavy atom. The summed E-state index contributed by atoms with van der Waals surface area (Å²) >= 11 is 0. The molecule has 1 aromatic heterocycles. The number of methoxy groups -OCH3 is 3. The Morgan fingerprint density at radius 2 is 1.17 bits per heavy atom. The van der Waals surface area contributed by atoms with Gasteiger partial charge in [-0.15, -0.1) is 0 Å². The molecule has 6 unspecified atom stereocenters. The molecular weight excluding hydrogens is 466 g/mol. The van der Waals surface area contributed by atoms with E-state index in [-0.39, 0.29) is 6.42 Å². The minimum atomic E-state index is -2.45. The van der Waals surface area contributed by atoms with Crippen LogP contribution in [0.2, 0.25) is 0 Å². The molecule has 0 aliphatic carbocycles. The second-order valence-corrected chi connectivity index (χ2v) is 7.35. The SMILES string of the molecule is COC(C)OC(C)OC(OC(=O)Cc1ccccn1)(OC(C)OC(C)OC)OC(C)OC(C)OC. The van der Waals surface area contributed by atoms with Crippen LogP contribution in [0.1, 0.15) is 47.2 Å². The van der Waals surface area contributed by atoms with Gasteiger partial charge in [-0.25, -0.2) is 0 Å². The van der Waals surface area contributed by atoms with Crippen molar-refractivity contribution >= 4 is 5.97 Å². The van der Waals surface area contributed by atoms with Crippen molar-refractivity contribution in [2.45, 2.75) is 91.9 Å². The van der Waals surface area contributed by atoms with E-state index in [9.17, 15) is 4.79 Å². The molecule has 6 atom stereocenters. The van der Waals surface area contributed by atoms with Gasteiger partial charge in [0, 0.05) is 27.5 Å². The van der Waals surface area contributed by atoms with Gasteiger partial charge in [-0.1, -0.05) is 6.07 Å². The van der Waals surface area contributed by atoms with Crippen molar-refractivity contribution in [3.05, 3.63) is 30.1 Å². The quantitative estimate of drug-likeness (QED) is 0.215. The van der Waals surface area contributed by atoms with Gasteiger partial charge < -0.3 is 33.2 Å². The Kier molecular flexibility index (Phi) is 14.4. The van der Waals surface area contributed by atoms with E-state index in [0.29, 0.717) is 5.69 Å². The second-order valence-electron chi connectivity index (χ2n) is 7.35. The third-order valence-electron chi connectivity index (χ3n) is 4.37. The number of aromatic nitrogens is 1. The normalized spacial score (nSPS) is 18.7. The van der Waals surface area contributed by atoms with Crippen molar-refractivity contribution in [3.63, 3.8) is 0 Å². The van der Waals surface area contributed by atoms with E-state index in [2.05, 4.69) is 4.98 Å². The molecule has 0 N–H and O–H groups in total. The first-order valence-electron chi connectivity index (χ1n) is 11.2. The molecule has 0 aromatic carbocycles. The molecule has 202 valence electrons. The number of esters is 1. The highest BCUT2D eigenvalue weighted by Crippen LogP contribution is 2.27. The van der Waals surface area contributed by atoms with Crippen LogP contribution in [-0.2, 0) is 58.6 Å². The predicted molar refractivity (Wildman–Crippen MR) is 121 cm³/mol. The summed E-state index contributed by atoms with van der Waals surface area (Å²) in [5.41, 5.74) is 0.471. The summed E-state index contributed by atoms with van der Waals surface area (Å²) in [5, 5.41) is 0. The van der Waals surface area contributed by atoms with Crippen molar-refractivity contribution in [3.8, 4) is 0 Å². The van der Waals surface area contributed by atoms with Crippen LogP contribution in [0.25, 0.3) is 0 Å². The summed E-state index contributed by atoms with van der Waals surface area (Å²) in [6.45, 7) is 9.64. The number of nitrogens with zero attached hydrogens (tertiary/aromatic N) is 1. The number of carbonyl (C=O) groups is 1. The summed E-state index contributed by atoms with van der Waals surface area (Å²) in [7, 11) is 4.40. The molecule has 0 saturated heterocycles. The number of pyridine rings is 1. The lowest BCUT2D eigenvalue weighted by Crippen LogP contribution is -2.51. The monoisotopic (exact) mass is 505 g/mol. The highest BCUT2D eigenvalue weighted by Gasteiger charge is 2.46. The zero-order valence-electron chi connectivity index (χ0n) is 21.9. The van der Waals surface area contributed by atoms with Gasteiger partial charge in [0.2, 0.25) is 0 Å².